The minimum atomic E-state index is -0.995. The maximum Gasteiger partial charge on any atom is 0.407 e. The molecule has 6 heteroatoms. The van der Waals surface area contributed by atoms with E-state index < -0.39 is 12.2 Å². The van der Waals surface area contributed by atoms with E-state index in [4.69, 9.17) is 10.8 Å². The summed E-state index contributed by atoms with van der Waals surface area (Å²) in [7, 11) is 0. The molecule has 3 atom stereocenters. The van der Waals surface area contributed by atoms with Gasteiger partial charge in [-0.25, -0.2) is 4.79 Å². The molecule has 0 aromatic carbocycles. The summed E-state index contributed by atoms with van der Waals surface area (Å²) in [6.45, 7) is 0.536. The van der Waals surface area contributed by atoms with Gasteiger partial charge in [0.15, 0.2) is 0 Å². The Morgan fingerprint density at radius 2 is 2.17 bits per heavy atom. The summed E-state index contributed by atoms with van der Waals surface area (Å²) in [4.78, 5) is 16.0. The lowest BCUT2D eigenvalue weighted by molar-refractivity contribution is 0.0148. The predicted molar refractivity (Wildman–Crippen MR) is 64.9 cm³/mol. The standard InChI is InChI=1S/C12H17N3O3/c13-11(8-1-4-14-5-2-8)9-3-6-15(12(17)18)7-10(9)16/h1-2,4-5,9-11,16H,3,6-7,13H2,(H,17,18). The van der Waals surface area contributed by atoms with Crippen molar-refractivity contribution in [1.82, 2.24) is 9.88 Å². The minimum Gasteiger partial charge on any atom is -0.465 e. The van der Waals surface area contributed by atoms with E-state index in [1.807, 2.05) is 12.1 Å². The quantitative estimate of drug-likeness (QED) is 0.708. The van der Waals surface area contributed by atoms with Gasteiger partial charge in [-0.05, 0) is 24.1 Å². The lowest BCUT2D eigenvalue weighted by atomic mass is 9.84. The molecule has 1 aliphatic rings. The highest BCUT2D eigenvalue weighted by atomic mass is 16.4. The smallest absolute Gasteiger partial charge is 0.407 e. The molecule has 1 aromatic heterocycles. The molecule has 1 aromatic rings. The van der Waals surface area contributed by atoms with E-state index in [9.17, 15) is 9.90 Å². The molecule has 0 bridgehead atoms. The number of aliphatic hydroxyl groups is 1. The first kappa shape index (κ1) is 12.8. The van der Waals surface area contributed by atoms with Gasteiger partial charge in [0, 0.05) is 30.9 Å². The maximum atomic E-state index is 10.8. The van der Waals surface area contributed by atoms with Crippen LogP contribution in [0.15, 0.2) is 24.5 Å². The number of hydrogen-bond acceptors (Lipinski definition) is 4. The number of aromatic nitrogens is 1. The van der Waals surface area contributed by atoms with Gasteiger partial charge in [0.25, 0.3) is 0 Å². The normalized spacial score (nSPS) is 25.8. The van der Waals surface area contributed by atoms with E-state index >= 15 is 0 Å². The number of nitrogens with zero attached hydrogens (tertiary/aromatic N) is 2. The second kappa shape index (κ2) is 5.32. The van der Waals surface area contributed by atoms with Crippen LogP contribution in [0, 0.1) is 5.92 Å². The fourth-order valence-corrected chi connectivity index (χ4v) is 2.38. The highest BCUT2D eigenvalue weighted by Crippen LogP contribution is 2.29. The van der Waals surface area contributed by atoms with Crippen molar-refractivity contribution in [3.05, 3.63) is 30.1 Å². The van der Waals surface area contributed by atoms with Crippen LogP contribution < -0.4 is 5.73 Å². The van der Waals surface area contributed by atoms with Crippen molar-refractivity contribution in [1.29, 1.82) is 0 Å². The van der Waals surface area contributed by atoms with Gasteiger partial charge in [0.05, 0.1) is 12.6 Å². The van der Waals surface area contributed by atoms with Gasteiger partial charge in [-0.15, -0.1) is 0 Å². The molecular weight excluding hydrogens is 234 g/mol. The Morgan fingerprint density at radius 1 is 1.50 bits per heavy atom. The van der Waals surface area contributed by atoms with E-state index in [0.717, 1.165) is 5.56 Å². The van der Waals surface area contributed by atoms with Crippen molar-refractivity contribution in [2.24, 2.45) is 11.7 Å². The number of nitrogens with two attached hydrogens (primary N) is 1. The van der Waals surface area contributed by atoms with Crippen LogP contribution in [0.5, 0.6) is 0 Å². The molecule has 1 fully saturated rings. The van der Waals surface area contributed by atoms with Gasteiger partial charge in [-0.1, -0.05) is 0 Å². The predicted octanol–water partition coefficient (Wildman–Crippen LogP) is 0.442. The van der Waals surface area contributed by atoms with Crippen LogP contribution in [0.1, 0.15) is 18.0 Å². The SMILES string of the molecule is NC(c1ccncc1)C1CCN(C(=O)O)CC1O. The molecule has 0 radical (unpaired) electrons. The molecule has 18 heavy (non-hydrogen) atoms. The van der Waals surface area contributed by atoms with Crippen molar-refractivity contribution >= 4 is 6.09 Å². The molecule has 0 saturated carbocycles. The van der Waals surface area contributed by atoms with Crippen molar-refractivity contribution in [2.45, 2.75) is 18.6 Å². The number of carboxylic acid groups (broad SMARTS) is 1. The van der Waals surface area contributed by atoms with E-state index in [2.05, 4.69) is 4.98 Å². The van der Waals surface area contributed by atoms with Gasteiger partial charge >= 0.3 is 6.09 Å². The number of aliphatic hydroxyl groups excluding tert-OH is 1. The first-order valence-electron chi connectivity index (χ1n) is 5.91. The second-order valence-electron chi connectivity index (χ2n) is 4.55. The van der Waals surface area contributed by atoms with Crippen molar-refractivity contribution in [3.63, 3.8) is 0 Å². The Bertz CT molecular complexity index is 412. The summed E-state index contributed by atoms with van der Waals surface area (Å²) in [5.74, 6) is -0.122. The minimum absolute atomic E-state index is 0.122. The highest BCUT2D eigenvalue weighted by Gasteiger charge is 2.34. The van der Waals surface area contributed by atoms with E-state index in [1.165, 1.54) is 4.90 Å². The first-order valence-corrected chi connectivity index (χ1v) is 5.91. The van der Waals surface area contributed by atoms with Gasteiger partial charge < -0.3 is 20.8 Å². The van der Waals surface area contributed by atoms with E-state index in [0.29, 0.717) is 13.0 Å². The molecule has 2 heterocycles. The lowest BCUT2D eigenvalue weighted by Gasteiger charge is -2.37. The Hall–Kier alpha value is -1.66. The third-order valence-electron chi connectivity index (χ3n) is 3.46. The molecule has 1 amide bonds. The Morgan fingerprint density at radius 3 is 2.72 bits per heavy atom. The number of rotatable bonds is 2. The largest absolute Gasteiger partial charge is 0.465 e. The molecule has 98 valence electrons. The molecule has 0 aliphatic carbocycles. The van der Waals surface area contributed by atoms with Crippen LogP contribution in [0.3, 0.4) is 0 Å². The number of pyridine rings is 1. The third kappa shape index (κ3) is 2.60. The van der Waals surface area contributed by atoms with Crippen LogP contribution >= 0.6 is 0 Å². The highest BCUT2D eigenvalue weighted by molar-refractivity contribution is 5.65. The Kier molecular flexibility index (Phi) is 3.78. The van der Waals surface area contributed by atoms with E-state index in [-0.39, 0.29) is 18.5 Å². The van der Waals surface area contributed by atoms with Crippen molar-refractivity contribution < 1.29 is 15.0 Å². The zero-order valence-corrected chi connectivity index (χ0v) is 9.94. The third-order valence-corrected chi connectivity index (χ3v) is 3.46. The van der Waals surface area contributed by atoms with Crippen LogP contribution in [0.25, 0.3) is 0 Å². The Balaban J connectivity index is 2.05. The van der Waals surface area contributed by atoms with Crippen LogP contribution in [-0.2, 0) is 0 Å². The molecule has 0 spiro atoms. The molecule has 6 nitrogen and oxygen atoms in total. The van der Waals surface area contributed by atoms with Gasteiger partial charge in [-0.3, -0.25) is 4.98 Å². The molecule has 2 rings (SSSR count). The second-order valence-corrected chi connectivity index (χ2v) is 4.55. The lowest BCUT2D eigenvalue weighted by Crippen LogP contribution is -2.48. The summed E-state index contributed by atoms with van der Waals surface area (Å²) >= 11 is 0. The fraction of sp³-hybridized carbons (Fsp3) is 0.500. The molecular formula is C12H17N3O3. The molecule has 3 unspecified atom stereocenters. The number of amides is 1. The van der Waals surface area contributed by atoms with Crippen molar-refractivity contribution in [3.8, 4) is 0 Å². The summed E-state index contributed by atoms with van der Waals surface area (Å²) in [6.07, 6.45) is 2.17. The summed E-state index contributed by atoms with van der Waals surface area (Å²) in [5, 5.41) is 18.9. The summed E-state index contributed by atoms with van der Waals surface area (Å²) in [6, 6.07) is 3.35. The van der Waals surface area contributed by atoms with Crippen LogP contribution in [0.4, 0.5) is 4.79 Å². The van der Waals surface area contributed by atoms with Gasteiger partial charge in [-0.2, -0.15) is 0 Å². The topological polar surface area (TPSA) is 99.7 Å². The first-order chi connectivity index (χ1) is 8.59. The molecule has 1 aliphatic heterocycles. The zero-order chi connectivity index (χ0) is 13.1. The Labute approximate surface area is 105 Å². The maximum absolute atomic E-state index is 10.8. The van der Waals surface area contributed by atoms with Gasteiger partial charge in [0.1, 0.15) is 0 Å². The zero-order valence-electron chi connectivity index (χ0n) is 9.94. The van der Waals surface area contributed by atoms with Crippen LogP contribution in [0.2, 0.25) is 0 Å². The molecule has 4 N–H and O–H groups in total. The average Bonchev–Trinajstić information content (AvgIpc) is 2.38. The van der Waals surface area contributed by atoms with E-state index in [1.54, 1.807) is 12.4 Å². The monoisotopic (exact) mass is 251 g/mol. The number of carbonyl (C=O) groups is 1. The summed E-state index contributed by atoms with van der Waals surface area (Å²) < 4.78 is 0. The fourth-order valence-electron chi connectivity index (χ4n) is 2.38. The summed E-state index contributed by atoms with van der Waals surface area (Å²) in [5.41, 5.74) is 7.04. The number of likely N-dealkylation sites (tertiary alicyclic amines) is 1. The number of hydrogen-bond donors (Lipinski definition) is 3. The van der Waals surface area contributed by atoms with Crippen LogP contribution in [-0.4, -0.2) is 45.4 Å². The molecule has 1 saturated heterocycles. The van der Waals surface area contributed by atoms with Crippen molar-refractivity contribution in [2.75, 3.05) is 13.1 Å². The number of β-amino-alcohol motifs (C(OH)–C–C–N with tert-alkyl or cyclic N) is 1. The number of piperidine rings is 1. The average molecular weight is 251 g/mol. The van der Waals surface area contributed by atoms with Gasteiger partial charge in [0.2, 0.25) is 0 Å².